The average Bonchev–Trinajstić information content (AvgIpc) is 2.72. The molecule has 5 nitrogen and oxygen atoms in total. The van der Waals surface area contributed by atoms with Crippen molar-refractivity contribution in [1.82, 2.24) is 9.88 Å². The van der Waals surface area contributed by atoms with E-state index in [4.69, 9.17) is 10.5 Å². The summed E-state index contributed by atoms with van der Waals surface area (Å²) in [5, 5.41) is 0. The fraction of sp³-hybridized carbons (Fsp3) is 0.250. The van der Waals surface area contributed by atoms with Crippen LogP contribution in [-0.2, 0) is 12.7 Å². The zero-order valence-electron chi connectivity index (χ0n) is 17.4. The van der Waals surface area contributed by atoms with Crippen LogP contribution in [-0.4, -0.2) is 35.0 Å². The zero-order chi connectivity index (χ0) is 22.9. The normalized spacial score (nSPS) is 14.8. The van der Waals surface area contributed by atoms with Crippen molar-refractivity contribution in [3.05, 3.63) is 83.0 Å². The summed E-state index contributed by atoms with van der Waals surface area (Å²) in [6.07, 6.45) is -2.65. The van der Waals surface area contributed by atoms with E-state index >= 15 is 0 Å². The molecule has 3 aromatic rings. The summed E-state index contributed by atoms with van der Waals surface area (Å²) in [7, 11) is 0. The number of benzene rings is 2. The number of carbonyl (C=O) groups is 1. The number of pyridine rings is 1. The Morgan fingerprint density at radius 3 is 2.41 bits per heavy atom. The molecule has 0 saturated carbocycles. The van der Waals surface area contributed by atoms with Crippen LogP contribution in [0.25, 0.3) is 11.3 Å². The number of primary amides is 1. The van der Waals surface area contributed by atoms with Crippen LogP contribution in [0, 0.1) is 6.92 Å². The van der Waals surface area contributed by atoms with Crippen molar-refractivity contribution >= 4 is 5.91 Å². The minimum atomic E-state index is -4.32. The highest BCUT2D eigenvalue weighted by Gasteiger charge is 2.31. The number of aromatic nitrogens is 1. The van der Waals surface area contributed by atoms with Crippen molar-refractivity contribution in [2.45, 2.75) is 25.7 Å². The molecule has 0 aliphatic carbocycles. The molecule has 2 aromatic carbocycles. The first-order valence-corrected chi connectivity index (χ1v) is 10.1. The van der Waals surface area contributed by atoms with Crippen molar-refractivity contribution in [2.24, 2.45) is 5.73 Å². The number of hydrogen-bond donors (Lipinski definition) is 1. The Bertz CT molecular complexity index is 1110. The zero-order valence-corrected chi connectivity index (χ0v) is 17.4. The number of hydrogen-bond acceptors (Lipinski definition) is 4. The third-order valence-corrected chi connectivity index (χ3v) is 5.44. The van der Waals surface area contributed by atoms with E-state index in [1.165, 1.54) is 12.1 Å². The second kappa shape index (κ2) is 8.63. The number of ether oxygens (including phenoxy) is 1. The Morgan fingerprint density at radius 1 is 1.12 bits per heavy atom. The van der Waals surface area contributed by atoms with Crippen molar-refractivity contribution < 1.29 is 22.7 Å². The topological polar surface area (TPSA) is 68.4 Å². The molecule has 0 bridgehead atoms. The quantitative estimate of drug-likeness (QED) is 0.614. The number of amides is 1. The van der Waals surface area contributed by atoms with Gasteiger partial charge in [-0.15, -0.1) is 0 Å². The second-order valence-electron chi connectivity index (χ2n) is 7.90. The first kappa shape index (κ1) is 21.8. The minimum Gasteiger partial charge on any atom is -0.486 e. The van der Waals surface area contributed by atoms with Gasteiger partial charge in [0.05, 0.1) is 17.5 Å². The Morgan fingerprint density at radius 2 is 1.84 bits per heavy atom. The van der Waals surface area contributed by atoms with Gasteiger partial charge in [-0.3, -0.25) is 14.7 Å². The number of alkyl halides is 3. The molecule has 1 saturated heterocycles. The van der Waals surface area contributed by atoms with Gasteiger partial charge in [-0.2, -0.15) is 13.2 Å². The highest BCUT2D eigenvalue weighted by atomic mass is 19.4. The molecule has 166 valence electrons. The molecule has 2 N–H and O–H groups in total. The number of nitrogens with two attached hydrogens (primary N) is 1. The van der Waals surface area contributed by atoms with E-state index in [1.54, 1.807) is 18.3 Å². The summed E-state index contributed by atoms with van der Waals surface area (Å²) < 4.78 is 43.9. The largest absolute Gasteiger partial charge is 0.486 e. The summed E-state index contributed by atoms with van der Waals surface area (Å²) in [5.41, 5.74) is 8.46. The third-order valence-electron chi connectivity index (χ3n) is 5.44. The molecule has 2 heterocycles. The molecule has 0 spiro atoms. The summed E-state index contributed by atoms with van der Waals surface area (Å²) in [5.74, 6) is 0.192. The number of nitrogens with zero attached hydrogens (tertiary/aromatic N) is 2. The van der Waals surface area contributed by atoms with E-state index in [0.717, 1.165) is 34.5 Å². The van der Waals surface area contributed by atoms with Crippen LogP contribution < -0.4 is 10.5 Å². The highest BCUT2D eigenvalue weighted by Crippen LogP contribution is 2.30. The van der Waals surface area contributed by atoms with E-state index in [0.29, 0.717) is 30.9 Å². The van der Waals surface area contributed by atoms with E-state index in [2.05, 4.69) is 9.88 Å². The van der Waals surface area contributed by atoms with Crippen LogP contribution in [0.4, 0.5) is 13.2 Å². The molecule has 0 atom stereocenters. The standard InChI is InChI=1S/C24H22F3N3O2/c1-15-10-17(4-8-21(15)23(28)31)22-9-7-19(11-29-22)32-20-13-30(14-20)12-16-2-5-18(6-3-16)24(25,26)27/h2-11,20H,12-14H2,1H3,(H2,28,31). The smallest absolute Gasteiger partial charge is 0.416 e. The van der Waals surface area contributed by atoms with Crippen molar-refractivity contribution in [1.29, 1.82) is 0 Å². The number of aryl methyl sites for hydroxylation is 1. The Hall–Kier alpha value is -3.39. The maximum atomic E-state index is 12.7. The summed E-state index contributed by atoms with van der Waals surface area (Å²) in [4.78, 5) is 17.9. The molecule has 8 heteroatoms. The van der Waals surface area contributed by atoms with Gasteiger partial charge in [0.25, 0.3) is 0 Å². The molecule has 1 amide bonds. The van der Waals surface area contributed by atoms with Gasteiger partial charge in [-0.1, -0.05) is 18.2 Å². The van der Waals surface area contributed by atoms with Gasteiger partial charge in [0.15, 0.2) is 0 Å². The second-order valence-corrected chi connectivity index (χ2v) is 7.90. The molecule has 1 aliphatic rings. The third kappa shape index (κ3) is 4.91. The number of halogens is 3. The monoisotopic (exact) mass is 441 g/mol. The first-order chi connectivity index (χ1) is 15.2. The van der Waals surface area contributed by atoms with Crippen LogP contribution >= 0.6 is 0 Å². The Balaban J connectivity index is 1.29. The van der Waals surface area contributed by atoms with Crippen LogP contribution in [0.15, 0.2) is 60.8 Å². The van der Waals surface area contributed by atoms with Gasteiger partial charge in [0, 0.05) is 30.8 Å². The van der Waals surface area contributed by atoms with Crippen molar-refractivity contribution in [3.63, 3.8) is 0 Å². The van der Waals surface area contributed by atoms with Crippen LogP contribution in [0.3, 0.4) is 0 Å². The number of likely N-dealkylation sites (tertiary alicyclic amines) is 1. The van der Waals surface area contributed by atoms with Gasteiger partial charge in [-0.25, -0.2) is 0 Å². The predicted molar refractivity (Wildman–Crippen MR) is 114 cm³/mol. The Kier molecular flexibility index (Phi) is 5.88. The van der Waals surface area contributed by atoms with Crippen LogP contribution in [0.5, 0.6) is 5.75 Å². The molecule has 1 fully saturated rings. The molecule has 1 aromatic heterocycles. The van der Waals surface area contributed by atoms with E-state index in [9.17, 15) is 18.0 Å². The molecule has 0 unspecified atom stereocenters. The molecular formula is C24H22F3N3O2. The van der Waals surface area contributed by atoms with E-state index in [1.807, 2.05) is 25.1 Å². The lowest BCUT2D eigenvalue weighted by molar-refractivity contribution is -0.137. The fourth-order valence-electron chi connectivity index (χ4n) is 3.70. The fourth-order valence-corrected chi connectivity index (χ4v) is 3.70. The SMILES string of the molecule is Cc1cc(-c2ccc(OC3CN(Cc4ccc(C(F)(F)F)cc4)C3)cn2)ccc1C(N)=O. The molecule has 32 heavy (non-hydrogen) atoms. The lowest BCUT2D eigenvalue weighted by atomic mass is 10.0. The van der Waals surface area contributed by atoms with Gasteiger partial charge >= 0.3 is 6.18 Å². The first-order valence-electron chi connectivity index (χ1n) is 10.1. The molecule has 0 radical (unpaired) electrons. The van der Waals surface area contributed by atoms with Gasteiger partial charge in [0.1, 0.15) is 11.9 Å². The molecular weight excluding hydrogens is 419 g/mol. The molecule has 1 aliphatic heterocycles. The highest BCUT2D eigenvalue weighted by molar-refractivity contribution is 5.94. The van der Waals surface area contributed by atoms with Gasteiger partial charge < -0.3 is 10.5 Å². The van der Waals surface area contributed by atoms with Gasteiger partial charge in [0.2, 0.25) is 5.91 Å². The van der Waals surface area contributed by atoms with E-state index < -0.39 is 17.6 Å². The molecule has 4 rings (SSSR count). The number of rotatable bonds is 6. The van der Waals surface area contributed by atoms with Crippen molar-refractivity contribution in [3.8, 4) is 17.0 Å². The maximum absolute atomic E-state index is 12.7. The van der Waals surface area contributed by atoms with Crippen LogP contribution in [0.2, 0.25) is 0 Å². The summed E-state index contributed by atoms with van der Waals surface area (Å²) >= 11 is 0. The summed E-state index contributed by atoms with van der Waals surface area (Å²) in [6, 6.07) is 14.3. The predicted octanol–water partition coefficient (Wildman–Crippen LogP) is 4.44. The minimum absolute atomic E-state index is 0.00851. The van der Waals surface area contributed by atoms with Crippen LogP contribution in [0.1, 0.15) is 27.0 Å². The average molecular weight is 441 g/mol. The summed E-state index contributed by atoms with van der Waals surface area (Å²) in [6.45, 7) is 3.79. The Labute approximate surface area is 183 Å². The van der Waals surface area contributed by atoms with E-state index in [-0.39, 0.29) is 6.10 Å². The maximum Gasteiger partial charge on any atom is 0.416 e. The van der Waals surface area contributed by atoms with Gasteiger partial charge in [-0.05, 0) is 54.4 Å². The van der Waals surface area contributed by atoms with Crippen molar-refractivity contribution in [2.75, 3.05) is 13.1 Å². The lowest BCUT2D eigenvalue weighted by Crippen LogP contribution is -2.53. The lowest BCUT2D eigenvalue weighted by Gasteiger charge is -2.39. The number of carbonyl (C=O) groups excluding carboxylic acids is 1.